The molecule has 1 N–H and O–H groups in total. The Labute approximate surface area is 181 Å². The molecule has 0 atom stereocenters. The Morgan fingerprint density at radius 1 is 0.903 bits per heavy atom. The van der Waals surface area contributed by atoms with E-state index in [-0.39, 0.29) is 11.5 Å². The molecule has 3 aromatic rings. The second-order valence-corrected chi connectivity index (χ2v) is 7.74. The fraction of sp³-hybridized carbons (Fsp3) is 0.240. The van der Waals surface area contributed by atoms with Crippen LogP contribution in [0.4, 0.5) is 5.69 Å². The number of hydrogen-bond acceptors (Lipinski definition) is 4. The molecule has 0 spiro atoms. The lowest BCUT2D eigenvalue weighted by Crippen LogP contribution is -2.31. The molecule has 1 aliphatic heterocycles. The molecule has 1 amide bonds. The van der Waals surface area contributed by atoms with Gasteiger partial charge in [-0.3, -0.25) is 9.78 Å². The number of aromatic carboxylic acids is 1. The Hall–Kier alpha value is -3.67. The van der Waals surface area contributed by atoms with Crippen molar-refractivity contribution in [1.82, 2.24) is 9.88 Å². The summed E-state index contributed by atoms with van der Waals surface area (Å²) < 4.78 is 0. The van der Waals surface area contributed by atoms with Crippen LogP contribution in [0.2, 0.25) is 0 Å². The maximum absolute atomic E-state index is 13.4. The van der Waals surface area contributed by atoms with Crippen molar-refractivity contribution < 1.29 is 14.7 Å². The Morgan fingerprint density at radius 3 is 2.19 bits per heavy atom. The zero-order valence-electron chi connectivity index (χ0n) is 17.3. The smallest absolute Gasteiger partial charge is 0.335 e. The van der Waals surface area contributed by atoms with Gasteiger partial charge in [0.1, 0.15) is 5.69 Å². The van der Waals surface area contributed by atoms with Crippen LogP contribution >= 0.6 is 0 Å². The quantitative estimate of drug-likeness (QED) is 0.625. The minimum absolute atomic E-state index is 0.146. The van der Waals surface area contributed by atoms with Gasteiger partial charge in [0.05, 0.1) is 5.56 Å². The highest BCUT2D eigenvalue weighted by atomic mass is 16.4. The molecule has 0 saturated carbocycles. The van der Waals surface area contributed by atoms with Crippen molar-refractivity contribution in [2.45, 2.75) is 25.9 Å². The highest BCUT2D eigenvalue weighted by Crippen LogP contribution is 2.22. The van der Waals surface area contributed by atoms with E-state index in [1.54, 1.807) is 35.4 Å². The number of anilines is 1. The molecule has 4 rings (SSSR count). The van der Waals surface area contributed by atoms with Crippen LogP contribution < -0.4 is 4.90 Å². The fourth-order valence-corrected chi connectivity index (χ4v) is 3.85. The minimum Gasteiger partial charge on any atom is -0.478 e. The number of rotatable bonds is 7. The van der Waals surface area contributed by atoms with Crippen molar-refractivity contribution in [2.75, 3.05) is 18.0 Å². The van der Waals surface area contributed by atoms with Crippen molar-refractivity contribution in [2.24, 2.45) is 0 Å². The summed E-state index contributed by atoms with van der Waals surface area (Å²) in [5, 5.41) is 9.13. The number of hydrogen-bond donors (Lipinski definition) is 1. The Bertz CT molecular complexity index is 1050. The zero-order valence-corrected chi connectivity index (χ0v) is 17.3. The van der Waals surface area contributed by atoms with Gasteiger partial charge in [0.25, 0.3) is 5.91 Å². The first-order valence-corrected chi connectivity index (χ1v) is 10.5. The van der Waals surface area contributed by atoms with E-state index < -0.39 is 5.97 Å². The van der Waals surface area contributed by atoms with E-state index >= 15 is 0 Å². The van der Waals surface area contributed by atoms with Gasteiger partial charge >= 0.3 is 5.97 Å². The second kappa shape index (κ2) is 9.43. The maximum Gasteiger partial charge on any atom is 0.335 e. The molecule has 158 valence electrons. The number of carboxylic acid groups (broad SMARTS) is 1. The summed E-state index contributed by atoms with van der Waals surface area (Å²) in [6.07, 6.45) is 4.03. The lowest BCUT2D eigenvalue weighted by molar-refractivity contribution is 0.0693. The molecule has 2 heterocycles. The summed E-state index contributed by atoms with van der Waals surface area (Å²) >= 11 is 0. The molecular weight excluding hydrogens is 390 g/mol. The largest absolute Gasteiger partial charge is 0.478 e. The van der Waals surface area contributed by atoms with Gasteiger partial charge in [0.15, 0.2) is 0 Å². The van der Waals surface area contributed by atoms with Gasteiger partial charge in [-0.1, -0.05) is 42.5 Å². The van der Waals surface area contributed by atoms with Gasteiger partial charge in [-0.25, -0.2) is 4.79 Å². The van der Waals surface area contributed by atoms with Gasteiger partial charge < -0.3 is 14.9 Å². The highest BCUT2D eigenvalue weighted by Gasteiger charge is 2.20. The van der Waals surface area contributed by atoms with Crippen LogP contribution in [-0.2, 0) is 13.1 Å². The average molecular weight is 415 g/mol. The van der Waals surface area contributed by atoms with Crippen molar-refractivity contribution in [3.63, 3.8) is 0 Å². The van der Waals surface area contributed by atoms with Crippen LogP contribution in [0.3, 0.4) is 0 Å². The first kappa shape index (κ1) is 20.6. The first-order chi connectivity index (χ1) is 15.1. The number of nitrogens with zero attached hydrogens (tertiary/aromatic N) is 3. The summed E-state index contributed by atoms with van der Waals surface area (Å²) in [4.78, 5) is 33.0. The number of aromatic nitrogens is 1. The minimum atomic E-state index is -0.966. The summed E-state index contributed by atoms with van der Waals surface area (Å²) in [6, 6.07) is 20.3. The summed E-state index contributed by atoms with van der Waals surface area (Å²) in [5.41, 5.74) is 3.56. The second-order valence-electron chi connectivity index (χ2n) is 7.74. The standard InChI is InChI=1S/C25H25N3O3/c29-24(23-16-22(12-13-26-23)27-14-4-5-15-27)28(17-19-6-2-1-3-7-19)18-20-8-10-21(11-9-20)25(30)31/h1-3,6-13,16H,4-5,14-15,17-18H2,(H,30,31). The van der Waals surface area contributed by atoms with Crippen molar-refractivity contribution in [3.05, 3.63) is 95.3 Å². The normalized spacial score (nSPS) is 13.2. The molecule has 0 bridgehead atoms. The Morgan fingerprint density at radius 2 is 1.55 bits per heavy atom. The lowest BCUT2D eigenvalue weighted by atomic mass is 10.1. The molecule has 6 heteroatoms. The van der Waals surface area contributed by atoms with Gasteiger partial charge in [-0.15, -0.1) is 0 Å². The van der Waals surface area contributed by atoms with E-state index in [2.05, 4.69) is 9.88 Å². The molecule has 1 fully saturated rings. The number of carboxylic acids is 1. The summed E-state index contributed by atoms with van der Waals surface area (Å²) in [7, 11) is 0. The van der Waals surface area contributed by atoms with E-state index in [9.17, 15) is 9.59 Å². The van der Waals surface area contributed by atoms with Crippen LogP contribution in [0.25, 0.3) is 0 Å². The molecule has 31 heavy (non-hydrogen) atoms. The third kappa shape index (κ3) is 5.09. The number of amides is 1. The third-order valence-electron chi connectivity index (χ3n) is 5.51. The Balaban J connectivity index is 1.59. The van der Waals surface area contributed by atoms with Crippen molar-refractivity contribution >= 4 is 17.6 Å². The SMILES string of the molecule is O=C(O)c1ccc(CN(Cc2ccccc2)C(=O)c2cc(N3CCCC3)ccn2)cc1. The number of benzene rings is 2. The predicted molar refractivity (Wildman–Crippen MR) is 119 cm³/mol. The molecule has 0 aliphatic carbocycles. The molecule has 1 saturated heterocycles. The fourth-order valence-electron chi connectivity index (χ4n) is 3.85. The van der Waals surface area contributed by atoms with E-state index in [0.29, 0.717) is 18.8 Å². The van der Waals surface area contributed by atoms with Gasteiger partial charge in [0, 0.05) is 38.1 Å². The maximum atomic E-state index is 13.4. The average Bonchev–Trinajstić information content (AvgIpc) is 3.34. The number of carbonyl (C=O) groups is 2. The van der Waals surface area contributed by atoms with Crippen LogP contribution in [0.15, 0.2) is 72.9 Å². The Kier molecular flexibility index (Phi) is 6.26. The predicted octanol–water partition coefficient (Wildman–Crippen LogP) is 4.22. The van der Waals surface area contributed by atoms with Crippen LogP contribution in [0, 0.1) is 0 Å². The van der Waals surface area contributed by atoms with Crippen molar-refractivity contribution in [3.8, 4) is 0 Å². The molecule has 1 aliphatic rings. The highest BCUT2D eigenvalue weighted by molar-refractivity contribution is 5.93. The van der Waals surface area contributed by atoms with Crippen molar-refractivity contribution in [1.29, 1.82) is 0 Å². The van der Waals surface area contributed by atoms with Gasteiger partial charge in [-0.05, 0) is 48.2 Å². The first-order valence-electron chi connectivity index (χ1n) is 10.5. The van der Waals surface area contributed by atoms with Gasteiger partial charge in [-0.2, -0.15) is 0 Å². The monoisotopic (exact) mass is 415 g/mol. The van der Waals surface area contributed by atoms with Gasteiger partial charge in [0.2, 0.25) is 0 Å². The zero-order chi connectivity index (χ0) is 21.6. The van der Waals surface area contributed by atoms with E-state index in [0.717, 1.165) is 42.7 Å². The van der Waals surface area contributed by atoms with Crippen LogP contribution in [0.5, 0.6) is 0 Å². The molecule has 2 aromatic carbocycles. The molecular formula is C25H25N3O3. The topological polar surface area (TPSA) is 73.7 Å². The summed E-state index contributed by atoms with van der Waals surface area (Å²) in [5.74, 6) is -1.11. The third-order valence-corrected chi connectivity index (χ3v) is 5.51. The van der Waals surface area contributed by atoms with E-state index in [1.165, 1.54) is 0 Å². The van der Waals surface area contributed by atoms with E-state index in [4.69, 9.17) is 5.11 Å². The lowest BCUT2D eigenvalue weighted by Gasteiger charge is -2.24. The number of carbonyl (C=O) groups excluding carboxylic acids is 1. The molecule has 6 nitrogen and oxygen atoms in total. The van der Waals surface area contributed by atoms with Crippen LogP contribution in [-0.4, -0.2) is 40.0 Å². The summed E-state index contributed by atoms with van der Waals surface area (Å²) in [6.45, 7) is 2.81. The van der Waals surface area contributed by atoms with E-state index in [1.807, 2.05) is 42.5 Å². The molecule has 1 aromatic heterocycles. The molecule has 0 radical (unpaired) electrons. The number of pyridine rings is 1. The molecule has 0 unspecified atom stereocenters. The van der Waals surface area contributed by atoms with Crippen LogP contribution in [0.1, 0.15) is 44.8 Å².